The van der Waals surface area contributed by atoms with Gasteiger partial charge in [0.05, 0.1) is 22.7 Å². The van der Waals surface area contributed by atoms with Gasteiger partial charge < -0.3 is 4.57 Å². The number of rotatable bonds is 2. The number of Topliss-reactive ketones (excluding diaryl/α,β-unsaturated/α-hetero) is 1. The van der Waals surface area contributed by atoms with E-state index in [0.29, 0.717) is 10.6 Å². The number of imidazole rings is 1. The Labute approximate surface area is 98.7 Å². The van der Waals surface area contributed by atoms with E-state index in [9.17, 15) is 4.79 Å². The van der Waals surface area contributed by atoms with E-state index in [2.05, 4.69) is 4.98 Å². The van der Waals surface area contributed by atoms with Crippen LogP contribution in [0.1, 0.15) is 23.0 Å². The second-order valence-corrected chi connectivity index (χ2v) is 4.05. The molecule has 0 aliphatic heterocycles. The van der Waals surface area contributed by atoms with E-state index < -0.39 is 0 Å². The van der Waals surface area contributed by atoms with Crippen molar-refractivity contribution in [3.63, 3.8) is 0 Å². The molecule has 0 saturated heterocycles. The molecule has 0 saturated carbocycles. The third-order valence-electron chi connectivity index (χ3n) is 2.34. The maximum absolute atomic E-state index is 11.2. The van der Waals surface area contributed by atoms with Crippen LogP contribution in [-0.4, -0.2) is 15.3 Å². The standard InChI is InChI=1S/C12H11ClN2O/c1-8-6-15(7-14-8)12-4-3-10(9(2)16)5-11(12)13/h3-7H,1-2H3. The van der Waals surface area contributed by atoms with Gasteiger partial charge >= 0.3 is 0 Å². The Kier molecular flexibility index (Phi) is 2.79. The van der Waals surface area contributed by atoms with Gasteiger partial charge in [0, 0.05) is 11.8 Å². The molecule has 2 aromatic rings. The Morgan fingerprint density at radius 1 is 1.44 bits per heavy atom. The van der Waals surface area contributed by atoms with E-state index in [1.54, 1.807) is 18.5 Å². The molecule has 2 rings (SSSR count). The Bertz CT molecular complexity index is 546. The largest absolute Gasteiger partial charge is 0.305 e. The van der Waals surface area contributed by atoms with Crippen LogP contribution in [0.5, 0.6) is 0 Å². The van der Waals surface area contributed by atoms with Gasteiger partial charge in [-0.1, -0.05) is 11.6 Å². The van der Waals surface area contributed by atoms with Crippen molar-refractivity contribution in [1.82, 2.24) is 9.55 Å². The summed E-state index contributed by atoms with van der Waals surface area (Å²) in [5, 5.41) is 0.546. The van der Waals surface area contributed by atoms with E-state index in [1.165, 1.54) is 6.92 Å². The van der Waals surface area contributed by atoms with Crippen molar-refractivity contribution in [3.05, 3.63) is 47.0 Å². The van der Waals surface area contributed by atoms with Gasteiger partial charge in [-0.25, -0.2) is 4.98 Å². The Hall–Kier alpha value is -1.61. The molecule has 0 radical (unpaired) electrons. The summed E-state index contributed by atoms with van der Waals surface area (Å²) < 4.78 is 1.83. The molecular formula is C12H11ClN2O. The molecule has 0 unspecified atom stereocenters. The monoisotopic (exact) mass is 234 g/mol. The van der Waals surface area contributed by atoms with E-state index in [0.717, 1.165) is 11.4 Å². The first kappa shape index (κ1) is 10.9. The van der Waals surface area contributed by atoms with Gasteiger partial charge in [-0.15, -0.1) is 0 Å². The maximum atomic E-state index is 11.2. The highest BCUT2D eigenvalue weighted by atomic mass is 35.5. The number of nitrogens with zero attached hydrogens (tertiary/aromatic N) is 2. The number of ketones is 1. The van der Waals surface area contributed by atoms with Crippen LogP contribution >= 0.6 is 11.6 Å². The number of hydrogen-bond donors (Lipinski definition) is 0. The van der Waals surface area contributed by atoms with Gasteiger partial charge in [0.2, 0.25) is 0 Å². The van der Waals surface area contributed by atoms with Crippen molar-refractivity contribution < 1.29 is 4.79 Å². The van der Waals surface area contributed by atoms with Gasteiger partial charge in [-0.05, 0) is 32.0 Å². The highest BCUT2D eigenvalue weighted by Crippen LogP contribution is 2.22. The molecule has 82 valence electrons. The first-order valence-corrected chi connectivity index (χ1v) is 5.27. The van der Waals surface area contributed by atoms with Crippen LogP contribution in [0.3, 0.4) is 0 Å². The van der Waals surface area contributed by atoms with Crippen molar-refractivity contribution in [2.24, 2.45) is 0 Å². The zero-order valence-corrected chi connectivity index (χ0v) is 9.82. The summed E-state index contributed by atoms with van der Waals surface area (Å²) >= 11 is 6.12. The van der Waals surface area contributed by atoms with Gasteiger partial charge in [-0.2, -0.15) is 0 Å². The Morgan fingerprint density at radius 3 is 2.69 bits per heavy atom. The minimum Gasteiger partial charge on any atom is -0.305 e. The lowest BCUT2D eigenvalue weighted by Gasteiger charge is -2.05. The van der Waals surface area contributed by atoms with E-state index >= 15 is 0 Å². The summed E-state index contributed by atoms with van der Waals surface area (Å²) in [5.41, 5.74) is 2.37. The lowest BCUT2D eigenvalue weighted by Crippen LogP contribution is -1.96. The van der Waals surface area contributed by atoms with Gasteiger partial charge in [0.15, 0.2) is 5.78 Å². The van der Waals surface area contributed by atoms with Gasteiger partial charge in [0.1, 0.15) is 0 Å². The topological polar surface area (TPSA) is 34.9 Å². The molecule has 0 atom stereocenters. The second kappa shape index (κ2) is 4.10. The van der Waals surface area contributed by atoms with Crippen LogP contribution in [0, 0.1) is 6.92 Å². The quantitative estimate of drug-likeness (QED) is 0.749. The average molecular weight is 235 g/mol. The summed E-state index contributed by atoms with van der Waals surface area (Å²) in [6, 6.07) is 5.26. The number of carbonyl (C=O) groups excluding carboxylic acids is 1. The predicted molar refractivity (Wildman–Crippen MR) is 63.3 cm³/mol. The summed E-state index contributed by atoms with van der Waals surface area (Å²) in [6.07, 6.45) is 3.58. The van der Waals surface area contributed by atoms with Crippen molar-refractivity contribution in [2.75, 3.05) is 0 Å². The molecule has 3 nitrogen and oxygen atoms in total. The molecule has 0 aliphatic carbocycles. The second-order valence-electron chi connectivity index (χ2n) is 3.64. The number of aryl methyl sites for hydroxylation is 1. The number of hydrogen-bond acceptors (Lipinski definition) is 2. The van der Waals surface area contributed by atoms with Crippen molar-refractivity contribution in [3.8, 4) is 5.69 Å². The number of aromatic nitrogens is 2. The molecule has 0 amide bonds. The van der Waals surface area contributed by atoms with E-state index in [1.807, 2.05) is 23.8 Å². The summed E-state index contributed by atoms with van der Waals surface area (Å²) in [7, 11) is 0. The zero-order valence-electron chi connectivity index (χ0n) is 9.07. The minimum absolute atomic E-state index is 0.00950. The number of benzene rings is 1. The highest BCUT2D eigenvalue weighted by molar-refractivity contribution is 6.32. The van der Waals surface area contributed by atoms with Gasteiger partial charge in [-0.3, -0.25) is 4.79 Å². The fraction of sp³-hybridized carbons (Fsp3) is 0.167. The zero-order chi connectivity index (χ0) is 11.7. The molecule has 1 aromatic carbocycles. The van der Waals surface area contributed by atoms with Crippen LogP contribution in [0.2, 0.25) is 5.02 Å². The molecule has 0 bridgehead atoms. The fourth-order valence-corrected chi connectivity index (χ4v) is 1.77. The smallest absolute Gasteiger partial charge is 0.159 e. The van der Waals surface area contributed by atoms with Crippen LogP contribution in [0.15, 0.2) is 30.7 Å². The van der Waals surface area contributed by atoms with E-state index in [-0.39, 0.29) is 5.78 Å². The molecule has 4 heteroatoms. The first-order chi connectivity index (χ1) is 7.58. The van der Waals surface area contributed by atoms with Crippen LogP contribution < -0.4 is 0 Å². The Morgan fingerprint density at radius 2 is 2.19 bits per heavy atom. The molecule has 0 aliphatic rings. The molecule has 16 heavy (non-hydrogen) atoms. The molecular weight excluding hydrogens is 224 g/mol. The van der Waals surface area contributed by atoms with Crippen LogP contribution in [0.4, 0.5) is 0 Å². The first-order valence-electron chi connectivity index (χ1n) is 4.89. The molecule has 0 fully saturated rings. The summed E-state index contributed by atoms with van der Waals surface area (Å²) in [4.78, 5) is 15.3. The van der Waals surface area contributed by atoms with Crippen molar-refractivity contribution in [2.45, 2.75) is 13.8 Å². The molecule has 1 aromatic heterocycles. The Balaban J connectivity index is 2.47. The lowest BCUT2D eigenvalue weighted by atomic mass is 10.1. The SMILES string of the molecule is CC(=O)c1ccc(-n2cnc(C)c2)c(Cl)c1. The number of halogens is 1. The van der Waals surface area contributed by atoms with E-state index in [4.69, 9.17) is 11.6 Å². The summed E-state index contributed by atoms with van der Waals surface area (Å²) in [5.74, 6) is 0.00950. The fourth-order valence-electron chi connectivity index (χ4n) is 1.49. The lowest BCUT2D eigenvalue weighted by molar-refractivity contribution is 0.101. The third-order valence-corrected chi connectivity index (χ3v) is 2.65. The molecule has 1 heterocycles. The summed E-state index contributed by atoms with van der Waals surface area (Å²) in [6.45, 7) is 3.43. The maximum Gasteiger partial charge on any atom is 0.159 e. The molecule has 0 N–H and O–H groups in total. The third kappa shape index (κ3) is 1.99. The van der Waals surface area contributed by atoms with Crippen molar-refractivity contribution >= 4 is 17.4 Å². The molecule has 0 spiro atoms. The van der Waals surface area contributed by atoms with Crippen LogP contribution in [-0.2, 0) is 0 Å². The van der Waals surface area contributed by atoms with Gasteiger partial charge in [0.25, 0.3) is 0 Å². The highest BCUT2D eigenvalue weighted by Gasteiger charge is 2.06. The normalized spacial score (nSPS) is 10.4. The van der Waals surface area contributed by atoms with Crippen LogP contribution in [0.25, 0.3) is 5.69 Å². The average Bonchev–Trinajstić information content (AvgIpc) is 2.64. The minimum atomic E-state index is 0.00950. The van der Waals surface area contributed by atoms with Crippen molar-refractivity contribution in [1.29, 1.82) is 0 Å². The number of carbonyl (C=O) groups is 1. The predicted octanol–water partition coefficient (Wildman–Crippen LogP) is 3.04.